The molecule has 0 aromatic carbocycles. The first-order chi connectivity index (χ1) is 5.25. The normalized spacial score (nSPS) is 17.1. The van der Waals surface area contributed by atoms with Crippen LogP contribution in [0.4, 0.5) is 0 Å². The van der Waals surface area contributed by atoms with E-state index < -0.39 is 18.1 Å². The molecule has 0 amide bonds. The summed E-state index contributed by atoms with van der Waals surface area (Å²) in [7, 11) is 0. The molecule has 0 bridgehead atoms. The van der Waals surface area contributed by atoms with Crippen LogP contribution in [-0.4, -0.2) is 28.3 Å². The van der Waals surface area contributed by atoms with Gasteiger partial charge in [0.25, 0.3) is 0 Å². The van der Waals surface area contributed by atoms with Crippen molar-refractivity contribution in [3.05, 3.63) is 0 Å². The topological polar surface area (TPSA) is 83.5 Å². The highest BCUT2D eigenvalue weighted by Gasteiger charge is 2.26. The first-order valence-corrected chi connectivity index (χ1v) is 3.91. The molecule has 4 N–H and O–H groups in total. The van der Waals surface area contributed by atoms with Crippen LogP contribution in [0.25, 0.3) is 0 Å². The van der Waals surface area contributed by atoms with Gasteiger partial charge in [-0.15, -0.1) is 0 Å². The van der Waals surface area contributed by atoms with Crippen LogP contribution in [0.2, 0.25) is 0 Å². The van der Waals surface area contributed by atoms with Gasteiger partial charge in [-0.2, -0.15) is 0 Å². The number of carbonyl (C=O) groups is 1. The number of aliphatic carboxylic acids is 1. The van der Waals surface area contributed by atoms with Crippen molar-refractivity contribution >= 4 is 5.97 Å². The molecule has 0 aromatic rings. The van der Waals surface area contributed by atoms with Gasteiger partial charge < -0.3 is 15.9 Å². The average Bonchev–Trinajstić information content (AvgIpc) is 1.85. The zero-order chi connectivity index (χ0) is 9.94. The Kier molecular flexibility index (Phi) is 3.67. The zero-order valence-corrected chi connectivity index (χ0v) is 7.74. The molecule has 0 aliphatic heterocycles. The van der Waals surface area contributed by atoms with E-state index in [9.17, 15) is 9.90 Å². The Morgan fingerprint density at radius 1 is 1.50 bits per heavy atom. The molecule has 0 rings (SSSR count). The average molecular weight is 175 g/mol. The predicted octanol–water partition coefficient (Wildman–Crippen LogP) is 0.195. The second-order valence-corrected chi connectivity index (χ2v) is 4.06. The van der Waals surface area contributed by atoms with Crippen molar-refractivity contribution in [1.29, 1.82) is 0 Å². The van der Waals surface area contributed by atoms with Gasteiger partial charge in [-0.1, -0.05) is 20.8 Å². The summed E-state index contributed by atoms with van der Waals surface area (Å²) < 4.78 is 0. The highest BCUT2D eigenvalue weighted by molar-refractivity contribution is 5.73. The second kappa shape index (κ2) is 3.87. The van der Waals surface area contributed by atoms with Gasteiger partial charge >= 0.3 is 5.97 Å². The lowest BCUT2D eigenvalue weighted by Gasteiger charge is -2.26. The van der Waals surface area contributed by atoms with E-state index in [1.54, 1.807) is 0 Å². The summed E-state index contributed by atoms with van der Waals surface area (Å²) in [5.74, 6) is -1.07. The van der Waals surface area contributed by atoms with Crippen LogP contribution in [0.15, 0.2) is 0 Å². The van der Waals surface area contributed by atoms with Gasteiger partial charge in [0.2, 0.25) is 0 Å². The minimum atomic E-state index is -1.07. The highest BCUT2D eigenvalue weighted by Crippen LogP contribution is 2.22. The first kappa shape index (κ1) is 11.4. The Balaban J connectivity index is 4.01. The molecule has 0 spiro atoms. The van der Waals surface area contributed by atoms with E-state index in [4.69, 9.17) is 10.8 Å². The molecule has 0 aromatic heterocycles. The lowest BCUT2D eigenvalue weighted by molar-refractivity contribution is -0.139. The Labute approximate surface area is 72.4 Å². The second-order valence-electron chi connectivity index (χ2n) is 4.06. The molecule has 0 aliphatic rings. The van der Waals surface area contributed by atoms with Gasteiger partial charge in [-0.25, -0.2) is 0 Å². The standard InChI is InChI=1S/C8H17NO3/c1-8(2,3)6(10)4-5(9)7(11)12/h5-6,10H,4,9H2,1-3H3,(H,11,12)/t5-,6-/m0/s1. The predicted molar refractivity (Wildman–Crippen MR) is 45.7 cm³/mol. The molecule has 0 saturated heterocycles. The number of carboxylic acids is 1. The maximum Gasteiger partial charge on any atom is 0.320 e. The maximum atomic E-state index is 10.3. The van der Waals surface area contributed by atoms with E-state index in [0.29, 0.717) is 0 Å². The molecule has 4 heteroatoms. The summed E-state index contributed by atoms with van der Waals surface area (Å²) in [6.45, 7) is 5.52. The van der Waals surface area contributed by atoms with Crippen molar-refractivity contribution in [2.75, 3.05) is 0 Å². The Bertz CT molecular complexity index is 162. The fourth-order valence-electron chi connectivity index (χ4n) is 0.695. The van der Waals surface area contributed by atoms with E-state index >= 15 is 0 Å². The van der Waals surface area contributed by atoms with Crippen LogP contribution in [0.1, 0.15) is 27.2 Å². The Morgan fingerprint density at radius 3 is 2.17 bits per heavy atom. The van der Waals surface area contributed by atoms with Crippen molar-refractivity contribution in [2.45, 2.75) is 39.3 Å². The first-order valence-electron chi connectivity index (χ1n) is 3.91. The van der Waals surface area contributed by atoms with Crippen molar-refractivity contribution in [1.82, 2.24) is 0 Å². The maximum absolute atomic E-state index is 10.3. The molecule has 12 heavy (non-hydrogen) atoms. The van der Waals surface area contributed by atoms with Crippen molar-refractivity contribution < 1.29 is 15.0 Å². The third-order valence-electron chi connectivity index (χ3n) is 1.79. The monoisotopic (exact) mass is 175 g/mol. The molecule has 0 unspecified atom stereocenters. The molecule has 0 fully saturated rings. The van der Waals surface area contributed by atoms with Crippen LogP contribution in [-0.2, 0) is 4.79 Å². The summed E-state index contributed by atoms with van der Waals surface area (Å²) in [5.41, 5.74) is 4.94. The fourth-order valence-corrected chi connectivity index (χ4v) is 0.695. The summed E-state index contributed by atoms with van der Waals surface area (Å²) in [4.78, 5) is 10.3. The number of aliphatic hydroxyl groups excluding tert-OH is 1. The minimum Gasteiger partial charge on any atom is -0.480 e. The summed E-state index contributed by atoms with van der Waals surface area (Å²) in [6, 6.07) is -0.973. The Morgan fingerprint density at radius 2 is 1.92 bits per heavy atom. The molecule has 0 heterocycles. The van der Waals surface area contributed by atoms with E-state index in [1.807, 2.05) is 20.8 Å². The van der Waals surface area contributed by atoms with Gasteiger partial charge in [0, 0.05) is 0 Å². The molecule has 4 nitrogen and oxygen atoms in total. The van der Waals surface area contributed by atoms with Crippen molar-refractivity contribution in [2.24, 2.45) is 11.1 Å². The summed E-state index contributed by atoms with van der Waals surface area (Å²) in [6.07, 6.45) is -0.581. The van der Waals surface area contributed by atoms with Crippen LogP contribution in [0.3, 0.4) is 0 Å². The van der Waals surface area contributed by atoms with Crippen LogP contribution >= 0.6 is 0 Å². The molecule has 0 aliphatic carbocycles. The molecular weight excluding hydrogens is 158 g/mol. The quantitative estimate of drug-likeness (QED) is 0.572. The minimum absolute atomic E-state index is 0.0961. The Hall–Kier alpha value is -0.610. The third kappa shape index (κ3) is 3.69. The number of hydrogen-bond donors (Lipinski definition) is 3. The molecule has 2 atom stereocenters. The van der Waals surface area contributed by atoms with Gasteiger partial charge in [-0.05, 0) is 11.8 Å². The number of carboxylic acid groups (broad SMARTS) is 1. The molecule has 72 valence electrons. The number of hydrogen-bond acceptors (Lipinski definition) is 3. The van der Waals surface area contributed by atoms with Crippen LogP contribution in [0.5, 0.6) is 0 Å². The van der Waals surface area contributed by atoms with Crippen molar-refractivity contribution in [3.8, 4) is 0 Å². The highest BCUT2D eigenvalue weighted by atomic mass is 16.4. The van der Waals surface area contributed by atoms with Gasteiger partial charge in [0.1, 0.15) is 6.04 Å². The van der Waals surface area contributed by atoms with E-state index in [2.05, 4.69) is 0 Å². The molecule has 0 radical (unpaired) electrons. The smallest absolute Gasteiger partial charge is 0.320 e. The van der Waals surface area contributed by atoms with E-state index in [1.165, 1.54) is 0 Å². The number of rotatable bonds is 3. The lowest BCUT2D eigenvalue weighted by Crippen LogP contribution is -2.38. The summed E-state index contributed by atoms with van der Waals surface area (Å²) >= 11 is 0. The molecular formula is C8H17NO3. The van der Waals surface area contributed by atoms with Gasteiger partial charge in [0.05, 0.1) is 6.10 Å². The van der Waals surface area contributed by atoms with Gasteiger partial charge in [-0.3, -0.25) is 4.79 Å². The van der Waals surface area contributed by atoms with Crippen molar-refractivity contribution in [3.63, 3.8) is 0 Å². The number of aliphatic hydroxyl groups is 1. The van der Waals surface area contributed by atoms with Crippen LogP contribution < -0.4 is 5.73 Å². The van der Waals surface area contributed by atoms with Gasteiger partial charge in [0.15, 0.2) is 0 Å². The fraction of sp³-hybridized carbons (Fsp3) is 0.875. The largest absolute Gasteiger partial charge is 0.480 e. The van der Waals surface area contributed by atoms with Crippen LogP contribution in [0, 0.1) is 5.41 Å². The lowest BCUT2D eigenvalue weighted by atomic mass is 9.85. The summed E-state index contributed by atoms with van der Waals surface area (Å²) in [5, 5.41) is 17.9. The molecule has 0 saturated carbocycles. The third-order valence-corrected chi connectivity index (χ3v) is 1.79. The number of nitrogens with two attached hydrogens (primary N) is 1. The zero-order valence-electron chi connectivity index (χ0n) is 7.74. The van der Waals surface area contributed by atoms with E-state index in [-0.39, 0.29) is 11.8 Å². The SMILES string of the molecule is CC(C)(C)[C@@H](O)C[C@H](N)C(=O)O. The van der Waals surface area contributed by atoms with E-state index in [0.717, 1.165) is 0 Å².